The Labute approximate surface area is 168 Å². The molecule has 8 nitrogen and oxygen atoms in total. The van der Waals surface area contributed by atoms with Crippen LogP contribution >= 0.6 is 7.82 Å². The minimum absolute atomic E-state index is 0.196. The molecule has 154 valence electrons. The van der Waals surface area contributed by atoms with Crippen LogP contribution in [0.15, 0.2) is 48.5 Å². The molecule has 0 saturated carbocycles. The number of phosphoric acid groups is 1. The Morgan fingerprint density at radius 3 is 2.34 bits per heavy atom. The van der Waals surface area contributed by atoms with Gasteiger partial charge >= 0.3 is 7.82 Å². The van der Waals surface area contributed by atoms with Crippen molar-refractivity contribution < 1.29 is 33.2 Å². The Morgan fingerprint density at radius 1 is 1.10 bits per heavy atom. The van der Waals surface area contributed by atoms with E-state index >= 15 is 0 Å². The average Bonchev–Trinajstić information content (AvgIpc) is 2.63. The summed E-state index contributed by atoms with van der Waals surface area (Å²) in [5.74, 6) is -0.256. The summed E-state index contributed by atoms with van der Waals surface area (Å²) in [6.07, 6.45) is -1.22. The highest BCUT2D eigenvalue weighted by atomic mass is 31.2. The lowest BCUT2D eigenvalue weighted by atomic mass is 9.85. The Bertz CT molecular complexity index is 984. The van der Waals surface area contributed by atoms with Crippen LogP contribution in [0.4, 0.5) is 0 Å². The number of rotatable bonds is 5. The Balaban J connectivity index is 2.09. The van der Waals surface area contributed by atoms with Gasteiger partial charge in [0.1, 0.15) is 17.5 Å². The van der Waals surface area contributed by atoms with E-state index < -0.39 is 31.5 Å². The molecule has 1 aliphatic rings. The molecule has 0 saturated heterocycles. The third-order valence-corrected chi connectivity index (χ3v) is 5.19. The molecular weight excluding hydrogens is 397 g/mol. The third kappa shape index (κ3) is 4.74. The number of Topliss-reactive ketones (excluding diaryl/α,β-unsaturated/α-hetero) is 1. The fourth-order valence-corrected chi connectivity index (χ4v) is 3.98. The minimum atomic E-state index is -4.91. The molecule has 0 aromatic heterocycles. The Kier molecular flexibility index (Phi) is 5.65. The van der Waals surface area contributed by atoms with Crippen LogP contribution in [0.3, 0.4) is 0 Å². The van der Waals surface area contributed by atoms with E-state index in [2.05, 4.69) is 5.32 Å². The molecule has 3 N–H and O–H groups in total. The maximum atomic E-state index is 12.8. The molecule has 0 unspecified atom stereocenters. The summed E-state index contributed by atoms with van der Waals surface area (Å²) in [6.45, 7) is 4.62. The Morgan fingerprint density at radius 2 is 1.76 bits per heavy atom. The second-order valence-electron chi connectivity index (χ2n) is 7.35. The van der Waals surface area contributed by atoms with Gasteiger partial charge in [0.15, 0.2) is 5.78 Å². The Hall–Kier alpha value is -2.51. The second kappa shape index (κ2) is 7.72. The van der Waals surface area contributed by atoms with E-state index in [4.69, 9.17) is 9.26 Å². The molecule has 2 aromatic carbocycles. The first-order valence-electron chi connectivity index (χ1n) is 8.92. The van der Waals surface area contributed by atoms with Gasteiger partial charge < -0.3 is 19.8 Å². The van der Waals surface area contributed by atoms with Crippen molar-refractivity contribution in [3.63, 3.8) is 0 Å². The number of ether oxygens (including phenoxy) is 1. The van der Waals surface area contributed by atoms with Gasteiger partial charge in [0.2, 0.25) is 0 Å². The van der Waals surface area contributed by atoms with Gasteiger partial charge in [-0.15, -0.1) is 0 Å². The summed E-state index contributed by atoms with van der Waals surface area (Å²) < 4.78 is 22.6. The molecule has 0 aliphatic carbocycles. The number of hydrogen-bond donors (Lipinski definition) is 3. The molecule has 0 fully saturated rings. The zero-order valence-corrected chi connectivity index (χ0v) is 17.1. The first kappa shape index (κ1) is 21.2. The van der Waals surface area contributed by atoms with Crippen LogP contribution < -0.4 is 10.1 Å². The number of carbonyl (C=O) groups is 2. The zero-order chi connectivity index (χ0) is 21.4. The van der Waals surface area contributed by atoms with Crippen molar-refractivity contribution in [1.82, 2.24) is 5.32 Å². The third-order valence-electron chi connectivity index (χ3n) is 4.69. The molecule has 2 atom stereocenters. The molecule has 9 heteroatoms. The van der Waals surface area contributed by atoms with E-state index in [-0.39, 0.29) is 5.78 Å². The van der Waals surface area contributed by atoms with Crippen molar-refractivity contribution in [3.05, 3.63) is 65.2 Å². The summed E-state index contributed by atoms with van der Waals surface area (Å²) in [5, 5.41) is 2.79. The normalized spacial score (nSPS) is 20.3. The van der Waals surface area contributed by atoms with Crippen LogP contribution in [0.25, 0.3) is 0 Å². The van der Waals surface area contributed by atoms with Gasteiger partial charge in [-0.3, -0.25) is 14.1 Å². The number of phosphoric ester groups is 1. The smallest absolute Gasteiger partial charge is 0.470 e. The highest BCUT2D eigenvalue weighted by Gasteiger charge is 2.48. The van der Waals surface area contributed by atoms with E-state index in [0.717, 1.165) is 0 Å². The topological polar surface area (TPSA) is 122 Å². The number of fused-ring (bicyclic) bond motifs is 1. The fraction of sp³-hybridized carbons (Fsp3) is 0.300. The molecular formula is C20H22NO7P. The molecule has 29 heavy (non-hydrogen) atoms. The molecule has 1 aliphatic heterocycles. The fourth-order valence-electron chi connectivity index (χ4n) is 3.31. The minimum Gasteiger partial charge on any atom is -0.485 e. The molecule has 1 amide bonds. The van der Waals surface area contributed by atoms with Gasteiger partial charge in [-0.25, -0.2) is 4.57 Å². The second-order valence-corrected chi connectivity index (χ2v) is 8.54. The van der Waals surface area contributed by atoms with Crippen molar-refractivity contribution in [2.45, 2.75) is 38.5 Å². The first-order valence-corrected chi connectivity index (χ1v) is 10.4. The predicted octanol–water partition coefficient (Wildman–Crippen LogP) is 3.01. The van der Waals surface area contributed by atoms with Gasteiger partial charge in [0.05, 0.1) is 6.04 Å². The van der Waals surface area contributed by atoms with Crippen LogP contribution in [-0.2, 0) is 9.09 Å². The van der Waals surface area contributed by atoms with Crippen LogP contribution in [0.1, 0.15) is 53.1 Å². The predicted molar refractivity (Wildman–Crippen MR) is 105 cm³/mol. The lowest BCUT2D eigenvalue weighted by Crippen LogP contribution is -2.54. The van der Waals surface area contributed by atoms with Crippen molar-refractivity contribution in [1.29, 1.82) is 0 Å². The zero-order valence-electron chi connectivity index (χ0n) is 16.2. The van der Waals surface area contributed by atoms with Crippen LogP contribution in [0.2, 0.25) is 0 Å². The summed E-state index contributed by atoms with van der Waals surface area (Å²) in [7, 11) is -4.91. The number of ketones is 1. The van der Waals surface area contributed by atoms with E-state index in [1.165, 1.54) is 6.92 Å². The first-order chi connectivity index (χ1) is 13.5. The van der Waals surface area contributed by atoms with Crippen molar-refractivity contribution >= 4 is 19.5 Å². The highest BCUT2D eigenvalue weighted by molar-refractivity contribution is 7.46. The van der Waals surface area contributed by atoms with Crippen LogP contribution in [0.5, 0.6) is 5.75 Å². The lowest BCUT2D eigenvalue weighted by molar-refractivity contribution is -0.0597. The number of nitrogens with one attached hydrogen (secondary N) is 1. The molecule has 1 heterocycles. The van der Waals surface area contributed by atoms with Gasteiger partial charge in [0.25, 0.3) is 5.91 Å². The molecule has 0 bridgehead atoms. The number of benzene rings is 2. The highest BCUT2D eigenvalue weighted by Crippen LogP contribution is 2.48. The van der Waals surface area contributed by atoms with Gasteiger partial charge in [-0.05, 0) is 51.1 Å². The maximum Gasteiger partial charge on any atom is 0.470 e. The average molecular weight is 419 g/mol. The standard InChI is InChI=1S/C20H22NO7P/c1-12(22)14-9-10-16-15(11-14)17(21-19(23)13-7-5-4-6-8-13)18(20(2,3)27-16)28-29(24,25)26/h4-11,17-18H,1-3H3,(H,21,23)(H2,24,25,26)/t17-,18-/m1/s1. The maximum absolute atomic E-state index is 12.8. The molecule has 0 radical (unpaired) electrons. The largest absolute Gasteiger partial charge is 0.485 e. The molecule has 2 aromatic rings. The summed E-state index contributed by atoms with van der Waals surface area (Å²) in [4.78, 5) is 43.5. The van der Waals surface area contributed by atoms with E-state index in [9.17, 15) is 23.9 Å². The van der Waals surface area contributed by atoms with E-state index in [1.54, 1.807) is 62.4 Å². The van der Waals surface area contributed by atoms with E-state index in [1.807, 2.05) is 0 Å². The van der Waals surface area contributed by atoms with Gasteiger partial charge in [-0.2, -0.15) is 0 Å². The number of carbonyl (C=O) groups excluding carboxylic acids is 2. The summed E-state index contributed by atoms with van der Waals surface area (Å²) >= 11 is 0. The van der Waals surface area contributed by atoms with Gasteiger partial charge in [-0.1, -0.05) is 18.2 Å². The monoisotopic (exact) mass is 419 g/mol. The summed E-state index contributed by atoms with van der Waals surface area (Å²) in [6, 6.07) is 12.2. The van der Waals surface area contributed by atoms with Crippen LogP contribution in [-0.4, -0.2) is 33.2 Å². The lowest BCUT2D eigenvalue weighted by Gasteiger charge is -2.44. The number of hydrogen-bond acceptors (Lipinski definition) is 5. The van der Waals surface area contributed by atoms with Gasteiger partial charge in [0, 0.05) is 16.7 Å². The van der Waals surface area contributed by atoms with Crippen LogP contribution in [0, 0.1) is 0 Å². The summed E-state index contributed by atoms with van der Waals surface area (Å²) in [5.41, 5.74) is -0.0303. The van der Waals surface area contributed by atoms with Crippen molar-refractivity contribution in [2.24, 2.45) is 0 Å². The quantitative estimate of drug-likeness (QED) is 0.503. The molecule has 3 rings (SSSR count). The van der Waals surface area contributed by atoms with Crippen molar-refractivity contribution in [2.75, 3.05) is 0 Å². The SMILES string of the molecule is CC(=O)c1ccc2c(c1)[C@@H](NC(=O)c1ccccc1)[C@@H](OP(=O)(O)O)C(C)(C)O2. The van der Waals surface area contributed by atoms with E-state index in [0.29, 0.717) is 22.4 Å². The number of amides is 1. The molecule has 0 spiro atoms. The van der Waals surface area contributed by atoms with Crippen molar-refractivity contribution in [3.8, 4) is 5.75 Å².